The van der Waals surface area contributed by atoms with E-state index >= 15 is 0 Å². The van der Waals surface area contributed by atoms with Gasteiger partial charge in [-0.15, -0.1) is 23.7 Å². The maximum atomic E-state index is 4.02. The fourth-order valence-corrected chi connectivity index (χ4v) is 8.61. The van der Waals surface area contributed by atoms with E-state index in [0.29, 0.717) is 0 Å². The van der Waals surface area contributed by atoms with Crippen LogP contribution in [0, 0.1) is 181 Å². The Morgan fingerprint density at radius 3 is 0.742 bits per heavy atom. The predicted octanol–water partition coefficient (Wildman–Crippen LogP) is 17.9. The molecule has 430 valence electrons. The van der Waals surface area contributed by atoms with E-state index < -0.39 is 0 Å². The van der Waals surface area contributed by atoms with Gasteiger partial charge < -0.3 is 0 Å². The Morgan fingerprint density at radius 2 is 0.393 bits per heavy atom. The van der Waals surface area contributed by atoms with Gasteiger partial charge in [-0.25, -0.2) is 0 Å². The van der Waals surface area contributed by atoms with Crippen LogP contribution in [0.3, 0.4) is 0 Å². The van der Waals surface area contributed by atoms with Gasteiger partial charge in [0.05, 0.1) is 0 Å². The van der Waals surface area contributed by atoms with E-state index in [9.17, 15) is 0 Å². The molecular formula is C85H74N4+4. The minimum Gasteiger partial charge on any atom is -0.101 e. The molecule has 0 radical (unpaired) electrons. The van der Waals surface area contributed by atoms with E-state index in [-0.39, 0.29) is 0 Å². The molecule has 8 aromatic rings. The summed E-state index contributed by atoms with van der Waals surface area (Å²) in [5.74, 6) is 50.2. The van der Waals surface area contributed by atoms with Gasteiger partial charge in [-0.3, -0.25) is 0 Å². The van der Waals surface area contributed by atoms with E-state index in [4.69, 9.17) is 0 Å². The third kappa shape index (κ3) is 21.3. The molecule has 0 aliphatic rings. The van der Waals surface area contributed by atoms with Gasteiger partial charge in [0.25, 0.3) is 28.2 Å². The molecule has 89 heavy (non-hydrogen) atoms. The van der Waals surface area contributed by atoms with E-state index in [1.807, 2.05) is 113 Å². The molecule has 8 aromatic carbocycles. The summed E-state index contributed by atoms with van der Waals surface area (Å²) in [6.45, 7) is 26.0. The zero-order valence-corrected chi connectivity index (χ0v) is 54.6. The molecule has 0 unspecified atom stereocenters. The second-order valence-electron chi connectivity index (χ2n) is 20.6. The Hall–Kier alpha value is -11.8. The Bertz CT molecular complexity index is 4590. The number of rotatable bonds is 0. The Balaban J connectivity index is 0.000000216. The Labute approximate surface area is 532 Å². The summed E-state index contributed by atoms with van der Waals surface area (Å²) in [6, 6.07) is 58.9. The number of aryl methyl sites for hydroxylation is 9. The summed E-state index contributed by atoms with van der Waals surface area (Å²) >= 11 is 0. The number of nitrogens with zero attached hydrogens (tertiary/aromatic N) is 4. The van der Waals surface area contributed by atoms with Crippen LogP contribution in [0.1, 0.15) is 167 Å². The molecule has 0 bridgehead atoms. The van der Waals surface area contributed by atoms with E-state index in [1.165, 1.54) is 50.1 Å². The lowest BCUT2D eigenvalue weighted by Crippen LogP contribution is -1.92. The fraction of sp³-hybridized carbons (Fsp3) is 0.200. The summed E-state index contributed by atoms with van der Waals surface area (Å²) in [5.41, 5.74) is 25.8. The second-order valence-corrected chi connectivity index (χ2v) is 20.6. The first-order valence-corrected chi connectivity index (χ1v) is 29.0. The monoisotopic (exact) mass is 1150 g/mol. The third-order valence-electron chi connectivity index (χ3n) is 13.4. The molecule has 0 aliphatic carbocycles. The highest BCUT2D eigenvalue weighted by Crippen LogP contribution is 2.20. The minimum atomic E-state index is 0.912. The van der Waals surface area contributed by atoms with Crippen LogP contribution >= 0.6 is 0 Å². The molecule has 4 heteroatoms. The van der Waals surface area contributed by atoms with Gasteiger partial charge in [-0.05, 0) is 237 Å². The average Bonchev–Trinajstić information content (AvgIpc) is 3.67. The number of hydrogen-bond acceptors (Lipinski definition) is 0. The smallest absolute Gasteiger partial charge is 0.101 e. The van der Waals surface area contributed by atoms with Gasteiger partial charge in [0, 0.05) is 66.8 Å². The zero-order valence-electron chi connectivity index (χ0n) is 54.6. The van der Waals surface area contributed by atoms with Crippen LogP contribution in [0.2, 0.25) is 0 Å². The van der Waals surface area contributed by atoms with Crippen molar-refractivity contribution in [3.8, 4) is 119 Å². The molecule has 0 heterocycles. The first-order valence-electron chi connectivity index (χ1n) is 29.0. The first kappa shape index (κ1) is 68.0. The largest absolute Gasteiger partial charge is 0.311 e. The van der Waals surface area contributed by atoms with Crippen molar-refractivity contribution in [2.45, 2.75) is 90.0 Å². The van der Waals surface area contributed by atoms with Gasteiger partial charge >= 0.3 is 24.3 Å². The maximum absolute atomic E-state index is 4.02. The second kappa shape index (κ2) is 35.5. The molecule has 0 amide bonds. The summed E-state index contributed by atoms with van der Waals surface area (Å²) in [5, 5.41) is 0. The molecule has 0 fully saturated rings. The quantitative estimate of drug-likeness (QED) is 0.135. The van der Waals surface area contributed by atoms with Crippen LogP contribution < -0.4 is 0 Å². The SMILES string of the molecule is CC#Cc1cc(C)c(C)cc1C#Cc1cc(C)c(C)cc1C#[N+]C.CC#Cc1cc(C)ccc1C#Cc1ccc(C)cc1C#[N+]C.CC#Cc1ccc(C)cc1C#Cc1cc(C)ccc1C#[N+]C.CC#Cc1ccccc1C#Cc1cc(C)ccc1C#[N+]C. The lowest BCUT2D eigenvalue weighted by molar-refractivity contribution is 1.31. The summed E-state index contributed by atoms with van der Waals surface area (Å²) < 4.78 is 0. The van der Waals surface area contributed by atoms with E-state index in [2.05, 4.69) is 254 Å². The highest BCUT2D eigenvalue weighted by Gasteiger charge is 2.09. The van der Waals surface area contributed by atoms with Gasteiger partial charge in [0.2, 0.25) is 0 Å². The molecule has 0 N–H and O–H groups in total. The van der Waals surface area contributed by atoms with Gasteiger partial charge in [0.15, 0.2) is 0 Å². The van der Waals surface area contributed by atoms with Gasteiger partial charge in [-0.1, -0.05) is 133 Å². The normalized spacial score (nSPS) is 8.78. The summed E-state index contributed by atoms with van der Waals surface area (Å²) in [7, 11) is 6.87. The molecule has 0 saturated heterocycles. The van der Waals surface area contributed by atoms with Gasteiger partial charge in [0.1, 0.15) is 22.3 Å². The van der Waals surface area contributed by atoms with Crippen molar-refractivity contribution < 1.29 is 0 Å². The standard InChI is InChI=1S/C23H22N.2C21H18N.C20H16N/c1-7-8-20-11-16(2)17(3)12-21(20)9-10-22-13-18(4)19(5)14-23(22)15-24-6;1-5-6-20-13-16(2)7-9-18(20)11-12-19-10-8-17(3)14-21(19)15-22-4;1-5-6-18-9-7-16(2)13-19(18)11-12-20-14-17(3)8-10-21(20)15-22-4;1-4-7-17-8-5-6-9-18(17)12-13-19-14-16(2)10-11-20(19)15-21-3/h11-14H,1-6H3;2*7-10,13-14H,1-4H3;5-6,8-11,14H,1-3H3/q4*+1. The summed E-state index contributed by atoms with van der Waals surface area (Å²) in [4.78, 5) is 15.9. The zero-order chi connectivity index (χ0) is 64.7. The van der Waals surface area contributed by atoms with Crippen molar-refractivity contribution in [1.29, 1.82) is 0 Å². The van der Waals surface area contributed by atoms with Crippen LogP contribution in [-0.4, -0.2) is 28.2 Å². The lowest BCUT2D eigenvalue weighted by atomic mass is 9.98. The molecule has 0 saturated carbocycles. The molecule has 0 aliphatic heterocycles. The van der Waals surface area contributed by atoms with Crippen molar-refractivity contribution in [2.75, 3.05) is 28.2 Å². The highest BCUT2D eigenvalue weighted by molar-refractivity contribution is 5.62. The van der Waals surface area contributed by atoms with Crippen LogP contribution in [0.25, 0.3) is 19.4 Å². The van der Waals surface area contributed by atoms with E-state index in [1.54, 1.807) is 28.2 Å². The molecular weight excluding hydrogens is 1080 g/mol. The third-order valence-corrected chi connectivity index (χ3v) is 13.4. The lowest BCUT2D eigenvalue weighted by Gasteiger charge is -2.04. The van der Waals surface area contributed by atoms with Gasteiger partial charge in [-0.2, -0.15) is 0 Å². The topological polar surface area (TPSA) is 17.4 Å². The van der Waals surface area contributed by atoms with Crippen molar-refractivity contribution in [2.24, 2.45) is 0 Å². The van der Waals surface area contributed by atoms with Crippen LogP contribution in [0.5, 0.6) is 0 Å². The number of benzene rings is 8. The highest BCUT2D eigenvalue weighted by atomic mass is 14.6. The average molecular weight is 1150 g/mol. The molecule has 0 atom stereocenters. The van der Waals surface area contributed by atoms with Crippen molar-refractivity contribution in [3.63, 3.8) is 0 Å². The maximum Gasteiger partial charge on any atom is 0.311 e. The van der Waals surface area contributed by atoms with Crippen molar-refractivity contribution in [1.82, 2.24) is 0 Å². The van der Waals surface area contributed by atoms with Crippen LogP contribution in [-0.2, 0) is 0 Å². The first-order chi connectivity index (χ1) is 43.0. The molecule has 4 nitrogen and oxygen atoms in total. The molecule has 0 spiro atoms. The fourth-order valence-electron chi connectivity index (χ4n) is 8.61. The number of hydrogen-bond donors (Lipinski definition) is 0. The van der Waals surface area contributed by atoms with Crippen molar-refractivity contribution >= 4 is 0 Å². The van der Waals surface area contributed by atoms with Crippen LogP contribution in [0.15, 0.2) is 140 Å². The van der Waals surface area contributed by atoms with Crippen molar-refractivity contribution in [3.05, 3.63) is 298 Å². The Kier molecular flexibility index (Phi) is 27.1. The minimum absolute atomic E-state index is 0.912. The summed E-state index contributed by atoms with van der Waals surface area (Å²) in [6.07, 6.45) is 0. The van der Waals surface area contributed by atoms with E-state index in [0.717, 1.165) is 89.0 Å². The molecule has 0 aromatic heterocycles. The van der Waals surface area contributed by atoms with Crippen LogP contribution in [0.4, 0.5) is 0 Å². The Morgan fingerprint density at radius 1 is 0.202 bits per heavy atom. The molecule has 8 rings (SSSR count). The predicted molar refractivity (Wildman–Crippen MR) is 377 cm³/mol.